The number of carbonyl (C=O) groups is 1. The van der Waals surface area contributed by atoms with Crippen molar-refractivity contribution in [3.05, 3.63) is 47.5 Å². The number of ether oxygens (including phenoxy) is 1. The van der Waals surface area contributed by atoms with Gasteiger partial charge in [0.15, 0.2) is 0 Å². The van der Waals surface area contributed by atoms with Gasteiger partial charge < -0.3 is 14.2 Å². The molecule has 1 aliphatic heterocycles. The number of hydrogen-bond donors (Lipinski definition) is 0. The van der Waals surface area contributed by atoms with E-state index in [0.717, 1.165) is 43.9 Å². The maximum atomic E-state index is 12.8. The standard InChI is InChI=1S/C20H26ClN3O2/c1-3-19-22-10-13-24(19)15(2)20(25)23-11-8-16(9-12-23)14-26-18-6-4-17(21)5-7-18/h4-7,10,13,15-16H,3,8-9,11-12,14H2,1-2H3/t15-/m0/s1. The number of hydrogen-bond acceptors (Lipinski definition) is 3. The number of likely N-dealkylation sites (tertiary alicyclic amines) is 1. The fraction of sp³-hybridized carbons (Fsp3) is 0.500. The molecule has 6 heteroatoms. The lowest BCUT2D eigenvalue weighted by atomic mass is 9.97. The van der Waals surface area contributed by atoms with Crippen LogP contribution in [-0.4, -0.2) is 40.1 Å². The number of benzene rings is 1. The van der Waals surface area contributed by atoms with Gasteiger partial charge in [-0.1, -0.05) is 18.5 Å². The van der Waals surface area contributed by atoms with E-state index in [-0.39, 0.29) is 11.9 Å². The number of nitrogens with zero attached hydrogens (tertiary/aromatic N) is 3. The average Bonchev–Trinajstić information content (AvgIpc) is 3.15. The highest BCUT2D eigenvalue weighted by molar-refractivity contribution is 6.30. The topological polar surface area (TPSA) is 47.4 Å². The van der Waals surface area contributed by atoms with Crippen molar-refractivity contribution in [1.82, 2.24) is 14.5 Å². The van der Waals surface area contributed by atoms with E-state index >= 15 is 0 Å². The molecule has 1 fully saturated rings. The van der Waals surface area contributed by atoms with Crippen LogP contribution >= 0.6 is 11.6 Å². The van der Waals surface area contributed by atoms with Gasteiger partial charge in [-0.05, 0) is 49.9 Å². The first-order valence-corrected chi connectivity index (χ1v) is 9.65. The van der Waals surface area contributed by atoms with E-state index in [1.54, 1.807) is 6.20 Å². The van der Waals surface area contributed by atoms with Crippen LogP contribution in [0.1, 0.15) is 38.6 Å². The number of amides is 1. The summed E-state index contributed by atoms with van der Waals surface area (Å²) in [5, 5.41) is 0.711. The predicted octanol–water partition coefficient (Wildman–Crippen LogP) is 3.98. The van der Waals surface area contributed by atoms with E-state index in [0.29, 0.717) is 17.5 Å². The van der Waals surface area contributed by atoms with E-state index in [1.807, 2.05) is 46.9 Å². The molecule has 1 aliphatic rings. The van der Waals surface area contributed by atoms with Gasteiger partial charge in [0, 0.05) is 36.9 Å². The summed E-state index contributed by atoms with van der Waals surface area (Å²) >= 11 is 5.89. The molecule has 0 radical (unpaired) electrons. The number of aryl methyl sites for hydroxylation is 1. The summed E-state index contributed by atoms with van der Waals surface area (Å²) in [6.07, 6.45) is 6.43. The Kier molecular flexibility index (Phi) is 6.20. The monoisotopic (exact) mass is 375 g/mol. The average molecular weight is 376 g/mol. The fourth-order valence-electron chi connectivity index (χ4n) is 3.42. The summed E-state index contributed by atoms with van der Waals surface area (Å²) in [7, 11) is 0. The SMILES string of the molecule is CCc1nccn1[C@@H](C)C(=O)N1CCC(COc2ccc(Cl)cc2)CC1. The van der Waals surface area contributed by atoms with Gasteiger partial charge in [0.2, 0.25) is 5.91 Å². The lowest BCUT2D eigenvalue weighted by Crippen LogP contribution is -2.42. The minimum absolute atomic E-state index is 0.176. The Labute approximate surface area is 159 Å². The highest BCUT2D eigenvalue weighted by Gasteiger charge is 2.27. The first kappa shape index (κ1) is 18.8. The highest BCUT2D eigenvalue weighted by Crippen LogP contribution is 2.23. The summed E-state index contributed by atoms with van der Waals surface area (Å²) in [5.41, 5.74) is 0. The van der Waals surface area contributed by atoms with E-state index in [9.17, 15) is 4.79 Å². The van der Waals surface area contributed by atoms with Crippen molar-refractivity contribution in [2.45, 2.75) is 39.2 Å². The maximum absolute atomic E-state index is 12.8. The second-order valence-corrected chi connectivity index (χ2v) is 7.25. The third-order valence-corrected chi connectivity index (χ3v) is 5.32. The summed E-state index contributed by atoms with van der Waals surface area (Å²) in [4.78, 5) is 19.1. The van der Waals surface area contributed by atoms with Gasteiger partial charge in [0.1, 0.15) is 17.6 Å². The van der Waals surface area contributed by atoms with Gasteiger partial charge in [0.25, 0.3) is 0 Å². The molecule has 1 aromatic carbocycles. The molecule has 1 saturated heterocycles. The Balaban J connectivity index is 1.48. The molecular weight excluding hydrogens is 350 g/mol. The van der Waals surface area contributed by atoms with Crippen LogP contribution in [0, 0.1) is 5.92 Å². The molecule has 26 heavy (non-hydrogen) atoms. The van der Waals surface area contributed by atoms with Crippen molar-refractivity contribution in [3.63, 3.8) is 0 Å². The van der Waals surface area contributed by atoms with E-state index in [4.69, 9.17) is 16.3 Å². The summed E-state index contributed by atoms with van der Waals surface area (Å²) in [6.45, 7) is 6.27. The maximum Gasteiger partial charge on any atom is 0.245 e. The number of imidazole rings is 1. The van der Waals surface area contributed by atoms with Crippen molar-refractivity contribution in [3.8, 4) is 5.75 Å². The summed E-state index contributed by atoms with van der Waals surface area (Å²) in [5.74, 6) is 2.45. The van der Waals surface area contributed by atoms with Gasteiger partial charge in [-0.3, -0.25) is 4.79 Å². The zero-order valence-corrected chi connectivity index (χ0v) is 16.2. The van der Waals surface area contributed by atoms with Gasteiger partial charge in [-0.15, -0.1) is 0 Å². The molecule has 5 nitrogen and oxygen atoms in total. The number of halogens is 1. The molecule has 2 heterocycles. The van der Waals surface area contributed by atoms with Crippen LogP contribution in [0.4, 0.5) is 0 Å². The third kappa shape index (κ3) is 4.39. The molecule has 0 unspecified atom stereocenters. The Hall–Kier alpha value is -2.01. The molecule has 1 amide bonds. The van der Waals surface area contributed by atoms with E-state index in [2.05, 4.69) is 11.9 Å². The van der Waals surface area contributed by atoms with Crippen LogP contribution in [0.5, 0.6) is 5.75 Å². The van der Waals surface area contributed by atoms with Crippen LogP contribution in [0.2, 0.25) is 5.02 Å². The summed E-state index contributed by atoms with van der Waals surface area (Å²) < 4.78 is 7.84. The van der Waals surface area contributed by atoms with Crippen molar-refractivity contribution in [2.75, 3.05) is 19.7 Å². The quantitative estimate of drug-likeness (QED) is 0.767. The van der Waals surface area contributed by atoms with Crippen LogP contribution in [-0.2, 0) is 11.2 Å². The van der Waals surface area contributed by atoms with Crippen molar-refractivity contribution in [2.24, 2.45) is 5.92 Å². The van der Waals surface area contributed by atoms with Crippen LogP contribution in [0.15, 0.2) is 36.7 Å². The van der Waals surface area contributed by atoms with Crippen molar-refractivity contribution < 1.29 is 9.53 Å². The highest BCUT2D eigenvalue weighted by atomic mass is 35.5. The number of piperidine rings is 1. The second-order valence-electron chi connectivity index (χ2n) is 6.81. The third-order valence-electron chi connectivity index (χ3n) is 5.07. The molecule has 0 bridgehead atoms. The molecule has 2 aromatic rings. The normalized spacial score (nSPS) is 16.5. The Morgan fingerprint density at radius 2 is 2.00 bits per heavy atom. The molecule has 0 spiro atoms. The number of carbonyl (C=O) groups excluding carboxylic acids is 1. The van der Waals surface area contributed by atoms with E-state index in [1.165, 1.54) is 0 Å². The van der Waals surface area contributed by atoms with Crippen LogP contribution in [0.25, 0.3) is 0 Å². The zero-order valence-electron chi connectivity index (χ0n) is 15.4. The largest absolute Gasteiger partial charge is 0.493 e. The van der Waals surface area contributed by atoms with Gasteiger partial charge >= 0.3 is 0 Å². The minimum atomic E-state index is -0.200. The second kappa shape index (κ2) is 8.58. The molecule has 0 saturated carbocycles. The fourth-order valence-corrected chi connectivity index (χ4v) is 3.54. The molecule has 0 N–H and O–H groups in total. The van der Waals surface area contributed by atoms with Crippen molar-refractivity contribution in [1.29, 1.82) is 0 Å². The summed E-state index contributed by atoms with van der Waals surface area (Å²) in [6, 6.07) is 7.24. The molecule has 140 valence electrons. The first-order valence-electron chi connectivity index (χ1n) is 9.27. The van der Waals surface area contributed by atoms with Crippen LogP contribution in [0.3, 0.4) is 0 Å². The molecule has 3 rings (SSSR count). The number of aromatic nitrogens is 2. The smallest absolute Gasteiger partial charge is 0.245 e. The predicted molar refractivity (Wildman–Crippen MR) is 103 cm³/mol. The lowest BCUT2D eigenvalue weighted by molar-refractivity contribution is -0.135. The zero-order chi connectivity index (χ0) is 18.5. The van der Waals surface area contributed by atoms with E-state index < -0.39 is 0 Å². The molecule has 1 aromatic heterocycles. The molecular formula is C20H26ClN3O2. The molecule has 1 atom stereocenters. The lowest BCUT2D eigenvalue weighted by Gasteiger charge is -2.34. The Morgan fingerprint density at radius 1 is 1.31 bits per heavy atom. The van der Waals surface area contributed by atoms with Crippen molar-refractivity contribution >= 4 is 17.5 Å². The number of rotatable bonds is 6. The van der Waals surface area contributed by atoms with Gasteiger partial charge in [-0.2, -0.15) is 0 Å². The first-order chi connectivity index (χ1) is 12.6. The van der Waals surface area contributed by atoms with Gasteiger partial charge in [-0.25, -0.2) is 4.98 Å². The Bertz CT molecular complexity index is 721. The van der Waals surface area contributed by atoms with Crippen LogP contribution < -0.4 is 4.74 Å². The molecule has 0 aliphatic carbocycles. The Morgan fingerprint density at radius 3 is 2.65 bits per heavy atom. The van der Waals surface area contributed by atoms with Gasteiger partial charge in [0.05, 0.1) is 6.61 Å². The minimum Gasteiger partial charge on any atom is -0.493 e.